The van der Waals surface area contributed by atoms with Crippen LogP contribution in [0.15, 0.2) is 36.4 Å². The molecule has 1 aromatic carbocycles. The highest BCUT2D eigenvalue weighted by atomic mass is 19.4. The zero-order valence-electron chi connectivity index (χ0n) is 15.2. The third-order valence-corrected chi connectivity index (χ3v) is 4.44. The molecule has 0 aliphatic heterocycles. The van der Waals surface area contributed by atoms with Crippen LogP contribution in [0.3, 0.4) is 0 Å². The van der Waals surface area contributed by atoms with Crippen LogP contribution in [0.2, 0.25) is 0 Å². The van der Waals surface area contributed by atoms with Crippen molar-refractivity contribution in [2.75, 3.05) is 0 Å². The molecule has 0 bridgehead atoms. The number of halogens is 3. The number of aromatic nitrogens is 1. The van der Waals surface area contributed by atoms with Crippen LogP contribution in [-0.4, -0.2) is 33.8 Å². The molecule has 0 radical (unpaired) electrons. The minimum Gasteiger partial charge on any atom is -0.480 e. The lowest BCUT2D eigenvalue weighted by atomic mass is 10.1. The predicted octanol–water partition coefficient (Wildman–Crippen LogP) is 3.85. The number of rotatable bonds is 6. The van der Waals surface area contributed by atoms with Gasteiger partial charge in [-0.2, -0.15) is 13.2 Å². The maximum Gasteiger partial charge on any atom is 0.391 e. The lowest BCUT2D eigenvalue weighted by Gasteiger charge is -2.19. The second kappa shape index (κ2) is 7.85. The number of hydrogen-bond donors (Lipinski definition) is 2. The number of carboxylic acids is 1. The molecule has 2 atom stereocenters. The van der Waals surface area contributed by atoms with Crippen LogP contribution < -0.4 is 5.32 Å². The topological polar surface area (TPSA) is 71.3 Å². The Morgan fingerprint density at radius 2 is 1.78 bits per heavy atom. The van der Waals surface area contributed by atoms with Gasteiger partial charge >= 0.3 is 12.1 Å². The fraction of sp³-hybridized carbons (Fsp3) is 0.368. The van der Waals surface area contributed by atoms with Crippen LogP contribution in [0, 0.1) is 13.8 Å². The van der Waals surface area contributed by atoms with Gasteiger partial charge in [-0.3, -0.25) is 4.79 Å². The van der Waals surface area contributed by atoms with Gasteiger partial charge in [-0.15, -0.1) is 0 Å². The van der Waals surface area contributed by atoms with Gasteiger partial charge in [0.15, 0.2) is 0 Å². The van der Waals surface area contributed by atoms with Crippen molar-refractivity contribution in [1.82, 2.24) is 9.88 Å². The summed E-state index contributed by atoms with van der Waals surface area (Å²) in [6, 6.07) is 8.96. The van der Waals surface area contributed by atoms with Gasteiger partial charge in [0.2, 0.25) is 0 Å². The summed E-state index contributed by atoms with van der Waals surface area (Å²) in [6.45, 7) is 5.41. The molecular formula is C19H21F3N2O3. The molecule has 0 saturated carbocycles. The number of alkyl halides is 3. The van der Waals surface area contributed by atoms with E-state index in [0.29, 0.717) is 5.69 Å². The molecule has 8 heteroatoms. The molecular weight excluding hydrogens is 361 g/mol. The molecule has 0 aliphatic rings. The Hall–Kier alpha value is -2.77. The predicted molar refractivity (Wildman–Crippen MR) is 93.7 cm³/mol. The SMILES string of the molecule is Cc1cc(C(=O)NC(CC(F)(F)F)C(=O)O)c(C)n1C(C)c1ccccc1. The van der Waals surface area contributed by atoms with E-state index in [0.717, 1.165) is 11.3 Å². The number of carbonyl (C=O) groups is 2. The zero-order valence-corrected chi connectivity index (χ0v) is 15.2. The van der Waals surface area contributed by atoms with E-state index in [4.69, 9.17) is 5.11 Å². The van der Waals surface area contributed by atoms with Crippen molar-refractivity contribution >= 4 is 11.9 Å². The lowest BCUT2D eigenvalue weighted by Crippen LogP contribution is -2.43. The van der Waals surface area contributed by atoms with Crippen LogP contribution in [0.4, 0.5) is 13.2 Å². The summed E-state index contributed by atoms with van der Waals surface area (Å²) in [5, 5.41) is 11.0. The summed E-state index contributed by atoms with van der Waals surface area (Å²) in [5.41, 5.74) is 2.46. The fourth-order valence-corrected chi connectivity index (χ4v) is 3.15. The second-order valence-electron chi connectivity index (χ2n) is 6.43. The molecule has 0 fully saturated rings. The van der Waals surface area contributed by atoms with Gasteiger partial charge in [0, 0.05) is 11.4 Å². The average Bonchev–Trinajstić information content (AvgIpc) is 2.87. The zero-order chi connectivity index (χ0) is 20.4. The van der Waals surface area contributed by atoms with Crippen molar-refractivity contribution in [3.63, 3.8) is 0 Å². The fourth-order valence-electron chi connectivity index (χ4n) is 3.15. The van der Waals surface area contributed by atoms with E-state index in [9.17, 15) is 22.8 Å². The van der Waals surface area contributed by atoms with Crippen molar-refractivity contribution in [2.24, 2.45) is 0 Å². The first kappa shape index (κ1) is 20.5. The van der Waals surface area contributed by atoms with E-state index in [2.05, 4.69) is 0 Å². The van der Waals surface area contributed by atoms with Crippen molar-refractivity contribution in [3.8, 4) is 0 Å². The number of carboxylic acid groups (broad SMARTS) is 1. The molecule has 0 saturated heterocycles. The standard InChI is InChI=1S/C19H21F3N2O3/c1-11-9-15(17(25)23-16(18(26)27)10-19(20,21)22)13(3)24(11)12(2)14-7-5-4-6-8-14/h4-9,12,16H,10H2,1-3H3,(H,23,25)(H,26,27). The van der Waals surface area contributed by atoms with Gasteiger partial charge in [-0.1, -0.05) is 30.3 Å². The Balaban J connectivity index is 2.29. The number of hydrogen-bond acceptors (Lipinski definition) is 2. The van der Waals surface area contributed by atoms with E-state index >= 15 is 0 Å². The smallest absolute Gasteiger partial charge is 0.391 e. The Kier molecular flexibility index (Phi) is 5.98. The number of nitrogens with one attached hydrogen (secondary N) is 1. The van der Waals surface area contributed by atoms with Crippen LogP contribution in [0.25, 0.3) is 0 Å². The van der Waals surface area contributed by atoms with Gasteiger partial charge in [0.25, 0.3) is 5.91 Å². The van der Waals surface area contributed by atoms with Gasteiger partial charge in [-0.05, 0) is 32.4 Å². The molecule has 2 rings (SSSR count). The first-order valence-corrected chi connectivity index (χ1v) is 8.35. The van der Waals surface area contributed by atoms with Crippen molar-refractivity contribution < 1.29 is 27.9 Å². The number of aryl methyl sites for hydroxylation is 1. The molecule has 146 valence electrons. The molecule has 0 aliphatic carbocycles. The van der Waals surface area contributed by atoms with Crippen LogP contribution in [-0.2, 0) is 4.79 Å². The third kappa shape index (κ3) is 4.90. The summed E-state index contributed by atoms with van der Waals surface area (Å²) in [5.74, 6) is -2.57. The minimum absolute atomic E-state index is 0.0989. The Morgan fingerprint density at radius 3 is 2.30 bits per heavy atom. The molecule has 1 aromatic heterocycles. The van der Waals surface area contributed by atoms with Crippen molar-refractivity contribution in [2.45, 2.75) is 45.5 Å². The molecule has 27 heavy (non-hydrogen) atoms. The lowest BCUT2D eigenvalue weighted by molar-refractivity contribution is -0.157. The number of carbonyl (C=O) groups excluding carboxylic acids is 1. The number of amides is 1. The molecule has 2 unspecified atom stereocenters. The van der Waals surface area contributed by atoms with Gasteiger partial charge in [0.05, 0.1) is 18.0 Å². The Morgan fingerprint density at radius 1 is 1.19 bits per heavy atom. The second-order valence-corrected chi connectivity index (χ2v) is 6.43. The van der Waals surface area contributed by atoms with Crippen molar-refractivity contribution in [3.05, 3.63) is 58.9 Å². The van der Waals surface area contributed by atoms with E-state index in [1.807, 2.05) is 47.1 Å². The Labute approximate surface area is 154 Å². The van der Waals surface area contributed by atoms with Gasteiger partial charge < -0.3 is 15.0 Å². The first-order chi connectivity index (χ1) is 12.5. The summed E-state index contributed by atoms with van der Waals surface area (Å²) in [6.07, 6.45) is -6.33. The normalized spacial score (nSPS) is 13.9. The molecule has 0 spiro atoms. The molecule has 5 nitrogen and oxygen atoms in total. The summed E-state index contributed by atoms with van der Waals surface area (Å²) < 4.78 is 39.5. The Bertz CT molecular complexity index is 829. The molecule has 1 amide bonds. The van der Waals surface area contributed by atoms with E-state index < -0.39 is 30.5 Å². The summed E-state index contributed by atoms with van der Waals surface area (Å²) in [4.78, 5) is 23.5. The van der Waals surface area contributed by atoms with E-state index in [1.165, 1.54) is 0 Å². The number of aliphatic carboxylic acids is 1. The highest BCUT2D eigenvalue weighted by Crippen LogP contribution is 2.26. The van der Waals surface area contributed by atoms with Gasteiger partial charge in [-0.25, -0.2) is 4.79 Å². The largest absolute Gasteiger partial charge is 0.480 e. The van der Waals surface area contributed by atoms with Crippen LogP contribution in [0.1, 0.15) is 46.7 Å². The number of nitrogens with zero attached hydrogens (tertiary/aromatic N) is 1. The van der Waals surface area contributed by atoms with Crippen LogP contribution >= 0.6 is 0 Å². The molecule has 2 N–H and O–H groups in total. The average molecular weight is 382 g/mol. The maximum absolute atomic E-state index is 12.5. The number of benzene rings is 1. The summed E-state index contributed by atoms with van der Waals surface area (Å²) >= 11 is 0. The molecule has 1 heterocycles. The first-order valence-electron chi connectivity index (χ1n) is 8.35. The van der Waals surface area contributed by atoms with E-state index in [-0.39, 0.29) is 11.6 Å². The van der Waals surface area contributed by atoms with Gasteiger partial charge in [0.1, 0.15) is 6.04 Å². The highest BCUT2D eigenvalue weighted by molar-refractivity contribution is 5.97. The monoisotopic (exact) mass is 382 g/mol. The van der Waals surface area contributed by atoms with Crippen molar-refractivity contribution in [1.29, 1.82) is 0 Å². The minimum atomic E-state index is -4.70. The van der Waals surface area contributed by atoms with E-state index in [1.54, 1.807) is 19.9 Å². The third-order valence-electron chi connectivity index (χ3n) is 4.44. The quantitative estimate of drug-likeness (QED) is 0.797. The maximum atomic E-state index is 12.5. The van der Waals surface area contributed by atoms with Crippen LogP contribution in [0.5, 0.6) is 0 Å². The summed E-state index contributed by atoms with van der Waals surface area (Å²) in [7, 11) is 0. The molecule has 2 aromatic rings. The highest BCUT2D eigenvalue weighted by Gasteiger charge is 2.36.